The lowest BCUT2D eigenvalue weighted by Gasteiger charge is -2.12. The second-order valence-corrected chi connectivity index (χ2v) is 4.58. The molecule has 0 bridgehead atoms. The van der Waals surface area contributed by atoms with Gasteiger partial charge in [-0.15, -0.1) is 0 Å². The zero-order chi connectivity index (χ0) is 15.4. The van der Waals surface area contributed by atoms with Crippen molar-refractivity contribution in [1.29, 1.82) is 0 Å². The van der Waals surface area contributed by atoms with Crippen LogP contribution in [-0.4, -0.2) is 22.1 Å². The first-order valence-corrected chi connectivity index (χ1v) is 6.38. The number of anilines is 1. The summed E-state index contributed by atoms with van der Waals surface area (Å²) in [6, 6.07) is 7.86. The van der Waals surface area contributed by atoms with Gasteiger partial charge in [-0.05, 0) is 49.0 Å². The van der Waals surface area contributed by atoms with Gasteiger partial charge in [0.2, 0.25) is 0 Å². The molecule has 0 radical (unpaired) electrons. The van der Waals surface area contributed by atoms with Crippen LogP contribution in [0, 0.1) is 6.92 Å². The van der Waals surface area contributed by atoms with Crippen molar-refractivity contribution in [3.63, 3.8) is 0 Å². The molecule has 108 valence electrons. The molecular weight excluding hydrogens is 292 g/mol. The van der Waals surface area contributed by atoms with Gasteiger partial charge in [0.1, 0.15) is 0 Å². The number of thiocarbonyl (C=S) groups is 1. The Morgan fingerprint density at radius 1 is 1.24 bits per heavy atom. The second kappa shape index (κ2) is 6.19. The van der Waals surface area contributed by atoms with E-state index < -0.39 is 11.9 Å². The van der Waals surface area contributed by atoms with Crippen molar-refractivity contribution in [3.05, 3.63) is 53.5 Å². The Morgan fingerprint density at radius 3 is 2.62 bits per heavy atom. The fraction of sp³-hybridized carbons (Fsp3) is 0.0714. The summed E-state index contributed by atoms with van der Waals surface area (Å²) < 4.78 is 4.94. The number of carbonyl (C=O) groups excluding carboxylic acids is 1. The first-order valence-electron chi connectivity index (χ1n) is 5.98. The van der Waals surface area contributed by atoms with E-state index in [-0.39, 0.29) is 16.4 Å². The molecule has 6 nitrogen and oxygen atoms in total. The number of furan rings is 1. The third-order valence-corrected chi connectivity index (χ3v) is 2.99. The number of carbonyl (C=O) groups is 2. The zero-order valence-corrected chi connectivity index (χ0v) is 11.9. The quantitative estimate of drug-likeness (QED) is 0.754. The van der Waals surface area contributed by atoms with E-state index in [1.165, 1.54) is 18.4 Å². The number of aromatic carboxylic acids is 1. The van der Waals surface area contributed by atoms with Gasteiger partial charge < -0.3 is 14.8 Å². The predicted octanol–water partition coefficient (Wildman–Crippen LogP) is 2.41. The van der Waals surface area contributed by atoms with Gasteiger partial charge in [0.25, 0.3) is 5.91 Å². The van der Waals surface area contributed by atoms with E-state index in [1.807, 2.05) is 0 Å². The summed E-state index contributed by atoms with van der Waals surface area (Å²) in [4.78, 5) is 22.8. The fourth-order valence-corrected chi connectivity index (χ4v) is 1.93. The maximum absolute atomic E-state index is 11.7. The van der Waals surface area contributed by atoms with E-state index in [9.17, 15) is 9.59 Å². The number of carboxylic acid groups (broad SMARTS) is 1. The zero-order valence-electron chi connectivity index (χ0n) is 11.0. The largest absolute Gasteiger partial charge is 0.478 e. The summed E-state index contributed by atoms with van der Waals surface area (Å²) in [5.74, 6) is -1.37. The van der Waals surface area contributed by atoms with E-state index >= 15 is 0 Å². The fourth-order valence-electron chi connectivity index (χ4n) is 1.73. The van der Waals surface area contributed by atoms with Crippen molar-refractivity contribution >= 4 is 34.9 Å². The molecule has 0 aliphatic carbocycles. The van der Waals surface area contributed by atoms with Crippen LogP contribution in [0.5, 0.6) is 0 Å². The van der Waals surface area contributed by atoms with Gasteiger partial charge in [-0.1, -0.05) is 6.07 Å². The molecule has 0 atom stereocenters. The Labute approximate surface area is 125 Å². The van der Waals surface area contributed by atoms with Crippen LogP contribution in [0.1, 0.15) is 26.5 Å². The molecule has 7 heteroatoms. The predicted molar refractivity (Wildman–Crippen MR) is 80.5 cm³/mol. The van der Waals surface area contributed by atoms with Crippen molar-refractivity contribution in [2.24, 2.45) is 0 Å². The molecule has 0 aliphatic rings. The lowest BCUT2D eigenvalue weighted by Crippen LogP contribution is -2.34. The molecule has 0 spiro atoms. The summed E-state index contributed by atoms with van der Waals surface area (Å²) >= 11 is 5.02. The van der Waals surface area contributed by atoms with Gasteiger partial charge in [-0.3, -0.25) is 10.1 Å². The van der Waals surface area contributed by atoms with Gasteiger partial charge in [-0.2, -0.15) is 0 Å². The highest BCUT2D eigenvalue weighted by Gasteiger charge is 2.13. The molecule has 2 rings (SSSR count). The summed E-state index contributed by atoms with van der Waals surface area (Å²) in [5.41, 5.74) is 1.21. The third-order valence-electron chi connectivity index (χ3n) is 2.78. The molecule has 1 aromatic carbocycles. The van der Waals surface area contributed by atoms with Crippen LogP contribution < -0.4 is 10.6 Å². The Bertz CT molecular complexity index is 695. The van der Waals surface area contributed by atoms with Crippen LogP contribution in [0.15, 0.2) is 41.0 Å². The molecule has 1 aromatic heterocycles. The number of hydrogen-bond donors (Lipinski definition) is 3. The molecule has 0 fully saturated rings. The number of carboxylic acids is 1. The van der Waals surface area contributed by atoms with Crippen molar-refractivity contribution in [2.75, 3.05) is 5.32 Å². The van der Waals surface area contributed by atoms with Crippen LogP contribution in [0.3, 0.4) is 0 Å². The lowest BCUT2D eigenvalue weighted by atomic mass is 10.1. The van der Waals surface area contributed by atoms with E-state index in [0.29, 0.717) is 11.3 Å². The maximum atomic E-state index is 11.7. The van der Waals surface area contributed by atoms with E-state index in [1.54, 1.807) is 25.1 Å². The highest BCUT2D eigenvalue weighted by Crippen LogP contribution is 2.18. The molecule has 21 heavy (non-hydrogen) atoms. The Hall–Kier alpha value is -2.67. The number of nitrogens with one attached hydrogen (secondary N) is 2. The third kappa shape index (κ3) is 3.46. The molecule has 0 saturated heterocycles. The van der Waals surface area contributed by atoms with E-state index in [0.717, 1.165) is 0 Å². The van der Waals surface area contributed by atoms with Crippen molar-refractivity contribution in [3.8, 4) is 0 Å². The number of amides is 1. The van der Waals surface area contributed by atoms with Crippen LogP contribution >= 0.6 is 12.2 Å². The number of benzene rings is 1. The second-order valence-electron chi connectivity index (χ2n) is 4.17. The molecule has 0 unspecified atom stereocenters. The summed E-state index contributed by atoms with van der Waals surface area (Å²) in [7, 11) is 0. The molecule has 1 amide bonds. The van der Waals surface area contributed by atoms with Gasteiger partial charge >= 0.3 is 5.97 Å². The van der Waals surface area contributed by atoms with Crippen LogP contribution in [-0.2, 0) is 0 Å². The molecule has 3 N–H and O–H groups in total. The summed E-state index contributed by atoms with van der Waals surface area (Å²) in [6.07, 6.45) is 1.38. The number of rotatable bonds is 3. The van der Waals surface area contributed by atoms with Gasteiger partial charge in [0.05, 0.1) is 11.8 Å². The Balaban J connectivity index is 2.08. The van der Waals surface area contributed by atoms with E-state index in [2.05, 4.69) is 10.6 Å². The van der Waals surface area contributed by atoms with Crippen molar-refractivity contribution < 1.29 is 19.1 Å². The standard InChI is InChI=1S/C14H12N2O4S/c1-8-9(13(18)19)4-2-5-10(8)15-14(21)16-12(17)11-6-3-7-20-11/h2-7H,1H3,(H,18,19)(H2,15,16,17,21). The summed E-state index contributed by atoms with van der Waals surface area (Å²) in [6.45, 7) is 1.66. The summed E-state index contributed by atoms with van der Waals surface area (Å²) in [5, 5.41) is 14.3. The lowest BCUT2D eigenvalue weighted by molar-refractivity contribution is 0.0696. The molecule has 0 saturated carbocycles. The first-order chi connectivity index (χ1) is 9.99. The van der Waals surface area contributed by atoms with Crippen LogP contribution in [0.4, 0.5) is 5.69 Å². The smallest absolute Gasteiger partial charge is 0.336 e. The highest BCUT2D eigenvalue weighted by atomic mass is 32.1. The van der Waals surface area contributed by atoms with Crippen molar-refractivity contribution in [1.82, 2.24) is 5.32 Å². The molecule has 1 heterocycles. The molecule has 2 aromatic rings. The van der Waals surface area contributed by atoms with Gasteiger partial charge in [0.15, 0.2) is 10.9 Å². The monoisotopic (exact) mass is 304 g/mol. The average Bonchev–Trinajstić information content (AvgIpc) is 2.94. The maximum Gasteiger partial charge on any atom is 0.336 e. The Kier molecular flexibility index (Phi) is 4.34. The van der Waals surface area contributed by atoms with Gasteiger partial charge in [-0.25, -0.2) is 4.79 Å². The Morgan fingerprint density at radius 2 is 2.00 bits per heavy atom. The first kappa shape index (κ1) is 14.7. The number of hydrogen-bond acceptors (Lipinski definition) is 4. The minimum Gasteiger partial charge on any atom is -0.478 e. The average molecular weight is 304 g/mol. The van der Waals surface area contributed by atoms with Gasteiger partial charge in [0, 0.05) is 5.69 Å². The van der Waals surface area contributed by atoms with E-state index in [4.69, 9.17) is 21.7 Å². The van der Waals surface area contributed by atoms with Crippen molar-refractivity contribution in [2.45, 2.75) is 6.92 Å². The van der Waals surface area contributed by atoms with Crippen LogP contribution in [0.2, 0.25) is 0 Å². The van der Waals surface area contributed by atoms with Crippen LogP contribution in [0.25, 0.3) is 0 Å². The minimum absolute atomic E-state index is 0.0574. The highest BCUT2D eigenvalue weighted by molar-refractivity contribution is 7.80. The minimum atomic E-state index is -1.03. The molecule has 0 aliphatic heterocycles. The topological polar surface area (TPSA) is 91.6 Å². The molecular formula is C14H12N2O4S. The normalized spacial score (nSPS) is 9.95. The SMILES string of the molecule is Cc1c(NC(=S)NC(=O)c2ccco2)cccc1C(=O)O.